The predicted octanol–water partition coefficient (Wildman–Crippen LogP) is 0.295. The van der Waals surface area contributed by atoms with Crippen LogP contribution < -0.4 is 15.0 Å². The third-order valence-corrected chi connectivity index (χ3v) is 5.51. The number of ether oxygens (including phenoxy) is 3. The summed E-state index contributed by atoms with van der Waals surface area (Å²) in [6.07, 6.45) is 0.913. The molecule has 3 aromatic rings. The lowest BCUT2D eigenvalue weighted by atomic mass is 10.2. The minimum Gasteiger partial charge on any atom is -0.493 e. The van der Waals surface area contributed by atoms with Crippen molar-refractivity contribution >= 4 is 23.2 Å². The highest BCUT2D eigenvalue weighted by atomic mass is 16.6. The van der Waals surface area contributed by atoms with Gasteiger partial charge in [-0.05, 0) is 19.1 Å². The van der Waals surface area contributed by atoms with Crippen LogP contribution in [0.3, 0.4) is 0 Å². The molecular weight excluding hydrogens is 446 g/mol. The molecule has 4 rings (SSSR count). The summed E-state index contributed by atoms with van der Waals surface area (Å²) in [5, 5.41) is 8.04. The van der Waals surface area contributed by atoms with Crippen molar-refractivity contribution in [1.82, 2.24) is 34.3 Å². The van der Waals surface area contributed by atoms with Gasteiger partial charge in [0.25, 0.3) is 5.56 Å². The number of fused-ring (bicyclic) bond motifs is 1. The van der Waals surface area contributed by atoms with Gasteiger partial charge in [-0.3, -0.25) is 14.2 Å². The molecule has 1 aliphatic rings. The van der Waals surface area contributed by atoms with Crippen molar-refractivity contribution < 1.29 is 23.8 Å². The number of aromatic nitrogens is 5. The monoisotopic (exact) mass is 471 g/mol. The highest BCUT2D eigenvalue weighted by molar-refractivity contribution is 5.77. The van der Waals surface area contributed by atoms with Crippen LogP contribution in [0, 0.1) is 0 Å². The quantitative estimate of drug-likeness (QED) is 0.497. The number of rotatable bonds is 6. The van der Waals surface area contributed by atoms with Gasteiger partial charge in [-0.2, -0.15) is 4.68 Å². The van der Waals surface area contributed by atoms with Crippen LogP contribution in [-0.4, -0.2) is 93.4 Å². The summed E-state index contributed by atoms with van der Waals surface area (Å²) in [5.74, 6) is 0.789. The van der Waals surface area contributed by atoms with Gasteiger partial charge in [0.15, 0.2) is 22.7 Å². The van der Waals surface area contributed by atoms with E-state index in [0.29, 0.717) is 50.0 Å². The lowest BCUT2D eigenvalue weighted by molar-refractivity contribution is -0.133. The number of nitrogens with zero attached hydrogens (tertiary/aromatic N) is 7. The van der Waals surface area contributed by atoms with Crippen LogP contribution in [0.4, 0.5) is 4.79 Å². The summed E-state index contributed by atoms with van der Waals surface area (Å²) < 4.78 is 18.2. The molecular formula is C21H25N7O6. The maximum atomic E-state index is 13.0. The van der Waals surface area contributed by atoms with Crippen molar-refractivity contribution in [3.05, 3.63) is 34.9 Å². The average Bonchev–Trinajstić information content (AvgIpc) is 3.30. The zero-order chi connectivity index (χ0) is 24.2. The van der Waals surface area contributed by atoms with Gasteiger partial charge in [-0.15, -0.1) is 5.10 Å². The van der Waals surface area contributed by atoms with E-state index in [1.807, 2.05) is 0 Å². The van der Waals surface area contributed by atoms with Crippen molar-refractivity contribution in [1.29, 1.82) is 0 Å². The molecule has 1 fully saturated rings. The maximum Gasteiger partial charge on any atom is 0.409 e. The Kier molecular flexibility index (Phi) is 6.61. The second-order valence-electron chi connectivity index (χ2n) is 7.46. The Morgan fingerprint density at radius 2 is 1.74 bits per heavy atom. The Hall–Kier alpha value is -4.16. The second-order valence-corrected chi connectivity index (χ2v) is 7.46. The van der Waals surface area contributed by atoms with Gasteiger partial charge in [-0.25, -0.2) is 9.78 Å². The fraction of sp³-hybridized carbons (Fsp3) is 0.429. The number of hydrogen-bond acceptors (Lipinski definition) is 9. The maximum absolute atomic E-state index is 13.0. The molecule has 180 valence electrons. The zero-order valence-electron chi connectivity index (χ0n) is 19.1. The van der Waals surface area contributed by atoms with Crippen molar-refractivity contribution in [3.8, 4) is 17.2 Å². The van der Waals surface area contributed by atoms with Gasteiger partial charge in [0.2, 0.25) is 5.91 Å². The fourth-order valence-corrected chi connectivity index (χ4v) is 3.69. The van der Waals surface area contributed by atoms with Crippen LogP contribution in [0.5, 0.6) is 11.5 Å². The van der Waals surface area contributed by atoms with Gasteiger partial charge in [0.05, 0.1) is 26.5 Å². The molecule has 0 aliphatic carbocycles. The number of amides is 2. The van der Waals surface area contributed by atoms with Crippen molar-refractivity contribution in [3.63, 3.8) is 0 Å². The first-order chi connectivity index (χ1) is 16.5. The number of hydrogen-bond donors (Lipinski definition) is 0. The Labute approximate surface area is 194 Å². The third-order valence-electron chi connectivity index (χ3n) is 5.51. The van der Waals surface area contributed by atoms with Gasteiger partial charge >= 0.3 is 6.09 Å². The smallest absolute Gasteiger partial charge is 0.409 e. The molecule has 0 bridgehead atoms. The molecule has 0 unspecified atom stereocenters. The van der Waals surface area contributed by atoms with Crippen LogP contribution in [-0.2, 0) is 16.1 Å². The van der Waals surface area contributed by atoms with Gasteiger partial charge < -0.3 is 24.0 Å². The van der Waals surface area contributed by atoms with Crippen molar-refractivity contribution in [2.45, 2.75) is 13.5 Å². The van der Waals surface area contributed by atoms with Crippen LogP contribution in [0.25, 0.3) is 16.9 Å². The Morgan fingerprint density at radius 1 is 1.03 bits per heavy atom. The minimum atomic E-state index is -0.477. The first-order valence-corrected chi connectivity index (χ1v) is 10.7. The van der Waals surface area contributed by atoms with Gasteiger partial charge in [0.1, 0.15) is 12.9 Å². The first-order valence-electron chi connectivity index (χ1n) is 10.7. The number of carbonyl (C=O) groups excluding carboxylic acids is 2. The van der Waals surface area contributed by atoms with E-state index in [-0.39, 0.29) is 23.6 Å². The van der Waals surface area contributed by atoms with E-state index in [2.05, 4.69) is 15.3 Å². The van der Waals surface area contributed by atoms with E-state index < -0.39 is 11.7 Å². The van der Waals surface area contributed by atoms with E-state index in [4.69, 9.17) is 14.2 Å². The summed E-state index contributed by atoms with van der Waals surface area (Å²) in [6.45, 7) is 3.31. The molecule has 1 saturated heterocycles. The van der Waals surface area contributed by atoms with Crippen LogP contribution in [0.15, 0.2) is 29.3 Å². The summed E-state index contributed by atoms with van der Waals surface area (Å²) in [7, 11) is 3.06. The first kappa shape index (κ1) is 23.0. The Bertz CT molecular complexity index is 1260. The SMILES string of the molecule is CCOC(=O)N1CCN(C(=O)Cn2cnc3c(nnn3-c3ccc(OC)c(OC)c3)c2=O)CC1. The fourth-order valence-electron chi connectivity index (χ4n) is 3.69. The van der Waals surface area contributed by atoms with Crippen molar-refractivity contribution in [2.24, 2.45) is 0 Å². The molecule has 0 N–H and O–H groups in total. The highest BCUT2D eigenvalue weighted by Gasteiger charge is 2.25. The number of carbonyl (C=O) groups is 2. The lowest BCUT2D eigenvalue weighted by Gasteiger charge is -2.34. The van der Waals surface area contributed by atoms with Crippen LogP contribution in [0.1, 0.15) is 6.92 Å². The molecule has 13 nitrogen and oxygen atoms in total. The largest absolute Gasteiger partial charge is 0.493 e. The lowest BCUT2D eigenvalue weighted by Crippen LogP contribution is -2.51. The van der Waals surface area contributed by atoms with E-state index in [0.717, 1.165) is 0 Å². The van der Waals surface area contributed by atoms with Crippen LogP contribution >= 0.6 is 0 Å². The zero-order valence-corrected chi connectivity index (χ0v) is 19.1. The second kappa shape index (κ2) is 9.77. The molecule has 1 aliphatic heterocycles. The molecule has 0 radical (unpaired) electrons. The molecule has 0 atom stereocenters. The standard InChI is InChI=1S/C21H25N7O6/c1-4-34-21(31)26-9-7-25(8-10-26)17(29)12-27-13-22-19-18(20(27)30)23-24-28(19)14-5-6-15(32-2)16(11-14)33-3/h5-6,11,13H,4,7-10,12H2,1-3H3. The van der Waals surface area contributed by atoms with E-state index >= 15 is 0 Å². The van der Waals surface area contributed by atoms with E-state index in [9.17, 15) is 14.4 Å². The summed E-state index contributed by atoms with van der Waals surface area (Å²) >= 11 is 0. The Balaban J connectivity index is 1.50. The normalized spacial score (nSPS) is 13.7. The number of piperazine rings is 1. The van der Waals surface area contributed by atoms with Crippen LogP contribution in [0.2, 0.25) is 0 Å². The topological polar surface area (TPSA) is 134 Å². The number of methoxy groups -OCH3 is 2. The molecule has 0 saturated carbocycles. The number of benzene rings is 1. The molecule has 2 aromatic heterocycles. The summed E-state index contributed by atoms with van der Waals surface area (Å²) in [6, 6.07) is 5.14. The Morgan fingerprint density at radius 3 is 2.41 bits per heavy atom. The summed E-state index contributed by atoms with van der Waals surface area (Å²) in [4.78, 5) is 45.0. The summed E-state index contributed by atoms with van der Waals surface area (Å²) in [5.41, 5.74) is 0.400. The molecule has 34 heavy (non-hydrogen) atoms. The molecule has 13 heteroatoms. The molecule has 0 spiro atoms. The average molecular weight is 471 g/mol. The van der Waals surface area contributed by atoms with Crippen molar-refractivity contribution in [2.75, 3.05) is 47.0 Å². The molecule has 2 amide bonds. The predicted molar refractivity (Wildman–Crippen MR) is 119 cm³/mol. The molecule has 3 heterocycles. The molecule has 1 aromatic carbocycles. The minimum absolute atomic E-state index is 0.0391. The van der Waals surface area contributed by atoms with Gasteiger partial charge in [0, 0.05) is 32.2 Å². The third kappa shape index (κ3) is 4.36. The van der Waals surface area contributed by atoms with E-state index in [1.165, 1.54) is 29.8 Å². The highest BCUT2D eigenvalue weighted by Crippen LogP contribution is 2.29. The van der Waals surface area contributed by atoms with Gasteiger partial charge in [-0.1, -0.05) is 5.21 Å². The van der Waals surface area contributed by atoms with E-state index in [1.54, 1.807) is 34.9 Å².